The SMILES string of the molecule is COCCCN(C=O)Cc1cncc(-c2ccc(F)c(C(F)(F)F)c2)c1. The molecular formula is C18H18F4N2O2. The van der Waals surface area contributed by atoms with E-state index in [4.69, 9.17) is 4.74 Å². The zero-order valence-electron chi connectivity index (χ0n) is 14.1. The molecule has 0 fully saturated rings. The summed E-state index contributed by atoms with van der Waals surface area (Å²) in [5.41, 5.74) is -0.0553. The second-order valence-corrected chi connectivity index (χ2v) is 5.70. The number of alkyl halides is 3. The largest absolute Gasteiger partial charge is 0.419 e. The third-order valence-electron chi connectivity index (χ3n) is 3.73. The second-order valence-electron chi connectivity index (χ2n) is 5.70. The number of hydrogen-bond acceptors (Lipinski definition) is 3. The second kappa shape index (κ2) is 8.75. The van der Waals surface area contributed by atoms with Crippen molar-refractivity contribution in [2.45, 2.75) is 19.1 Å². The molecule has 0 bridgehead atoms. The lowest BCUT2D eigenvalue weighted by molar-refractivity contribution is -0.140. The number of nitrogens with zero attached hydrogens (tertiary/aromatic N) is 2. The van der Waals surface area contributed by atoms with Crippen LogP contribution in [0.15, 0.2) is 36.7 Å². The molecule has 0 saturated heterocycles. The summed E-state index contributed by atoms with van der Waals surface area (Å²) in [6, 6.07) is 4.44. The lowest BCUT2D eigenvalue weighted by Gasteiger charge is -2.17. The average Bonchev–Trinajstić information content (AvgIpc) is 2.60. The van der Waals surface area contributed by atoms with Gasteiger partial charge in [-0.25, -0.2) is 4.39 Å². The molecule has 0 saturated carbocycles. The molecule has 1 aromatic carbocycles. The maximum absolute atomic E-state index is 13.4. The highest BCUT2D eigenvalue weighted by Gasteiger charge is 2.34. The van der Waals surface area contributed by atoms with Crippen molar-refractivity contribution in [2.24, 2.45) is 0 Å². The van der Waals surface area contributed by atoms with E-state index in [1.165, 1.54) is 23.4 Å². The molecule has 1 heterocycles. The van der Waals surface area contributed by atoms with Crippen LogP contribution in [0.2, 0.25) is 0 Å². The Morgan fingerprint density at radius 2 is 1.96 bits per heavy atom. The van der Waals surface area contributed by atoms with Crippen LogP contribution < -0.4 is 0 Å². The van der Waals surface area contributed by atoms with Crippen molar-refractivity contribution in [2.75, 3.05) is 20.3 Å². The molecule has 0 aliphatic carbocycles. The molecule has 0 unspecified atom stereocenters. The van der Waals surface area contributed by atoms with Gasteiger partial charge in [-0.3, -0.25) is 9.78 Å². The molecule has 4 nitrogen and oxygen atoms in total. The lowest BCUT2D eigenvalue weighted by atomic mass is 10.0. The number of amides is 1. The summed E-state index contributed by atoms with van der Waals surface area (Å²) >= 11 is 0. The van der Waals surface area contributed by atoms with Crippen molar-refractivity contribution in [1.29, 1.82) is 0 Å². The van der Waals surface area contributed by atoms with Crippen molar-refractivity contribution < 1.29 is 27.1 Å². The standard InChI is InChI=1S/C18H18F4N2O2/c1-26-6-2-5-24(12-25)11-13-7-15(10-23-9-13)14-3-4-17(19)16(8-14)18(20,21)22/h3-4,7-10,12H,2,5-6,11H2,1H3. The number of benzene rings is 1. The summed E-state index contributed by atoms with van der Waals surface area (Å²) < 4.78 is 57.0. The van der Waals surface area contributed by atoms with E-state index in [0.717, 1.165) is 12.1 Å². The predicted octanol–water partition coefficient (Wildman–Crippen LogP) is 3.90. The molecule has 2 aromatic rings. The first-order valence-electron chi connectivity index (χ1n) is 7.84. The minimum Gasteiger partial charge on any atom is -0.385 e. The molecular weight excluding hydrogens is 352 g/mol. The minimum atomic E-state index is -4.78. The van der Waals surface area contributed by atoms with Crippen LogP contribution in [0.4, 0.5) is 17.6 Å². The van der Waals surface area contributed by atoms with Gasteiger partial charge in [-0.2, -0.15) is 13.2 Å². The van der Waals surface area contributed by atoms with Gasteiger partial charge < -0.3 is 9.64 Å². The fourth-order valence-corrected chi connectivity index (χ4v) is 2.47. The summed E-state index contributed by atoms with van der Waals surface area (Å²) in [5, 5.41) is 0. The Balaban J connectivity index is 2.22. The first kappa shape index (κ1) is 19.8. The summed E-state index contributed by atoms with van der Waals surface area (Å²) in [6.07, 6.45) is -0.490. The number of ether oxygens (including phenoxy) is 1. The summed E-state index contributed by atoms with van der Waals surface area (Å²) in [4.78, 5) is 16.7. The maximum atomic E-state index is 13.4. The van der Waals surface area contributed by atoms with Crippen LogP contribution in [0.1, 0.15) is 17.5 Å². The molecule has 140 valence electrons. The number of halogens is 4. The maximum Gasteiger partial charge on any atom is 0.419 e. The Labute approximate surface area is 148 Å². The minimum absolute atomic E-state index is 0.199. The van der Waals surface area contributed by atoms with Gasteiger partial charge in [0.1, 0.15) is 5.82 Å². The molecule has 0 N–H and O–H groups in total. The zero-order valence-corrected chi connectivity index (χ0v) is 14.1. The van der Waals surface area contributed by atoms with E-state index in [0.29, 0.717) is 37.1 Å². The summed E-state index contributed by atoms with van der Waals surface area (Å²) in [6.45, 7) is 1.26. The van der Waals surface area contributed by atoms with Crippen LogP contribution >= 0.6 is 0 Å². The smallest absolute Gasteiger partial charge is 0.385 e. The fourth-order valence-electron chi connectivity index (χ4n) is 2.47. The monoisotopic (exact) mass is 370 g/mol. The van der Waals surface area contributed by atoms with Crippen molar-refractivity contribution >= 4 is 6.41 Å². The van der Waals surface area contributed by atoms with Crippen LogP contribution in [0.5, 0.6) is 0 Å². The van der Waals surface area contributed by atoms with Gasteiger partial charge in [0, 0.05) is 44.8 Å². The molecule has 8 heteroatoms. The van der Waals surface area contributed by atoms with Crippen molar-refractivity contribution in [3.05, 3.63) is 53.6 Å². The van der Waals surface area contributed by atoms with E-state index in [-0.39, 0.29) is 12.1 Å². The first-order valence-corrected chi connectivity index (χ1v) is 7.84. The average molecular weight is 370 g/mol. The van der Waals surface area contributed by atoms with E-state index in [1.807, 2.05) is 0 Å². The topological polar surface area (TPSA) is 42.4 Å². The number of pyridine rings is 1. The zero-order chi connectivity index (χ0) is 19.2. The van der Waals surface area contributed by atoms with Gasteiger partial charge >= 0.3 is 6.18 Å². The van der Waals surface area contributed by atoms with Crippen LogP contribution in [0.3, 0.4) is 0 Å². The van der Waals surface area contributed by atoms with Crippen LogP contribution in [-0.4, -0.2) is 36.6 Å². The molecule has 1 amide bonds. The third kappa shape index (κ3) is 5.26. The third-order valence-corrected chi connectivity index (χ3v) is 3.73. The van der Waals surface area contributed by atoms with E-state index in [2.05, 4.69) is 4.98 Å². The molecule has 0 aliphatic heterocycles. The van der Waals surface area contributed by atoms with Crippen molar-refractivity contribution in [3.63, 3.8) is 0 Å². The fraction of sp³-hybridized carbons (Fsp3) is 0.333. The van der Waals surface area contributed by atoms with Crippen molar-refractivity contribution in [3.8, 4) is 11.1 Å². The highest BCUT2D eigenvalue weighted by atomic mass is 19.4. The molecule has 0 spiro atoms. The van der Waals surface area contributed by atoms with Gasteiger partial charge in [0.25, 0.3) is 0 Å². The Morgan fingerprint density at radius 3 is 2.62 bits per heavy atom. The van der Waals surface area contributed by atoms with Gasteiger partial charge in [0.2, 0.25) is 6.41 Å². The number of aromatic nitrogens is 1. The first-order chi connectivity index (χ1) is 12.3. The quantitative estimate of drug-likeness (QED) is 0.402. The number of carbonyl (C=O) groups excluding carboxylic acids is 1. The van der Waals surface area contributed by atoms with E-state index in [1.54, 1.807) is 13.2 Å². The summed E-state index contributed by atoms with van der Waals surface area (Å²) in [5.74, 6) is -1.32. The van der Waals surface area contributed by atoms with Crippen LogP contribution in [0, 0.1) is 5.82 Å². The van der Waals surface area contributed by atoms with E-state index < -0.39 is 17.6 Å². The Hall–Kier alpha value is -2.48. The number of hydrogen-bond donors (Lipinski definition) is 0. The van der Waals surface area contributed by atoms with E-state index in [9.17, 15) is 22.4 Å². The number of methoxy groups -OCH3 is 1. The highest BCUT2D eigenvalue weighted by molar-refractivity contribution is 5.64. The molecule has 1 aromatic heterocycles. The van der Waals surface area contributed by atoms with Crippen molar-refractivity contribution in [1.82, 2.24) is 9.88 Å². The van der Waals surface area contributed by atoms with Gasteiger partial charge in [0.05, 0.1) is 5.56 Å². The Morgan fingerprint density at radius 1 is 1.19 bits per heavy atom. The Bertz CT molecular complexity index is 750. The van der Waals surface area contributed by atoms with Gasteiger partial charge in [-0.1, -0.05) is 6.07 Å². The molecule has 0 atom stereocenters. The van der Waals surface area contributed by atoms with Crippen LogP contribution in [-0.2, 0) is 22.3 Å². The number of rotatable bonds is 8. The molecule has 0 radical (unpaired) electrons. The normalized spacial score (nSPS) is 11.4. The van der Waals surface area contributed by atoms with Gasteiger partial charge in [-0.15, -0.1) is 0 Å². The molecule has 2 rings (SSSR count). The Kier molecular flexibility index (Phi) is 6.68. The van der Waals surface area contributed by atoms with Gasteiger partial charge in [0.15, 0.2) is 0 Å². The lowest BCUT2D eigenvalue weighted by Crippen LogP contribution is -2.23. The highest BCUT2D eigenvalue weighted by Crippen LogP contribution is 2.34. The van der Waals surface area contributed by atoms with Crippen LogP contribution in [0.25, 0.3) is 11.1 Å². The summed E-state index contributed by atoms with van der Waals surface area (Å²) in [7, 11) is 1.57. The molecule has 0 aliphatic rings. The van der Waals surface area contributed by atoms with E-state index >= 15 is 0 Å². The predicted molar refractivity (Wildman–Crippen MR) is 87.6 cm³/mol. The van der Waals surface area contributed by atoms with Gasteiger partial charge in [-0.05, 0) is 35.7 Å². The number of carbonyl (C=O) groups is 1. The molecule has 26 heavy (non-hydrogen) atoms.